The number of carbonyl (C=O) groups is 1. The number of halogens is 1. The highest BCUT2D eigenvalue weighted by atomic mass is 35.5. The number of likely N-dealkylation sites (tertiary alicyclic amines) is 1. The Kier molecular flexibility index (Phi) is 6.63. The molecular formula is C25H33ClN4O. The second-order valence-electron chi connectivity index (χ2n) is 9.88. The van der Waals surface area contributed by atoms with E-state index in [0.717, 1.165) is 37.2 Å². The van der Waals surface area contributed by atoms with Crippen LogP contribution in [0, 0.1) is 0 Å². The number of benzene rings is 1. The van der Waals surface area contributed by atoms with Gasteiger partial charge in [0.15, 0.2) is 5.78 Å². The van der Waals surface area contributed by atoms with Gasteiger partial charge in [-0.25, -0.2) is 9.97 Å². The highest BCUT2D eigenvalue weighted by molar-refractivity contribution is 6.30. The first-order valence-electron chi connectivity index (χ1n) is 11.5. The van der Waals surface area contributed by atoms with Crippen molar-refractivity contribution in [2.24, 2.45) is 0 Å². The summed E-state index contributed by atoms with van der Waals surface area (Å²) < 4.78 is 0. The molecule has 2 aliphatic heterocycles. The zero-order chi connectivity index (χ0) is 22.0. The lowest BCUT2D eigenvalue weighted by atomic mass is 9.91. The number of rotatable bonds is 5. The molecule has 0 aliphatic carbocycles. The molecule has 1 aromatic heterocycles. The number of Topliss-reactive ketones (excluding diaryl/α,β-unsaturated/α-hetero) is 1. The molecule has 0 atom stereocenters. The topological polar surface area (TPSA) is 49.3 Å². The van der Waals surface area contributed by atoms with E-state index in [1.54, 1.807) is 0 Å². The molecule has 0 unspecified atom stereocenters. The number of ketones is 1. The summed E-state index contributed by atoms with van der Waals surface area (Å²) in [6, 6.07) is 10.0. The fourth-order valence-electron chi connectivity index (χ4n) is 4.56. The van der Waals surface area contributed by atoms with Gasteiger partial charge in [0.2, 0.25) is 5.95 Å². The SMILES string of the molecule is CC(C)(C)c1cc(C(=O)Cc2cccc(Cl)c2)nc(N2CCC(N3CCCC3)CC2)n1. The maximum Gasteiger partial charge on any atom is 0.226 e. The van der Waals surface area contributed by atoms with Crippen LogP contribution in [0.4, 0.5) is 5.95 Å². The van der Waals surface area contributed by atoms with Gasteiger partial charge in [0.05, 0.1) is 5.69 Å². The van der Waals surface area contributed by atoms with Gasteiger partial charge in [-0.1, -0.05) is 44.5 Å². The van der Waals surface area contributed by atoms with Crippen molar-refractivity contribution in [3.8, 4) is 0 Å². The van der Waals surface area contributed by atoms with Crippen molar-refractivity contribution >= 4 is 23.3 Å². The molecule has 0 saturated carbocycles. The molecule has 0 radical (unpaired) electrons. The number of hydrogen-bond donors (Lipinski definition) is 0. The van der Waals surface area contributed by atoms with Crippen LogP contribution >= 0.6 is 11.6 Å². The van der Waals surface area contributed by atoms with Gasteiger partial charge in [0.25, 0.3) is 0 Å². The molecule has 1 aromatic carbocycles. The molecule has 2 aliphatic rings. The van der Waals surface area contributed by atoms with Gasteiger partial charge in [-0.2, -0.15) is 0 Å². The van der Waals surface area contributed by atoms with E-state index in [2.05, 4.69) is 30.6 Å². The van der Waals surface area contributed by atoms with E-state index >= 15 is 0 Å². The van der Waals surface area contributed by atoms with Crippen LogP contribution in [0.15, 0.2) is 30.3 Å². The highest BCUT2D eigenvalue weighted by Crippen LogP contribution is 2.27. The first-order chi connectivity index (χ1) is 14.8. The van der Waals surface area contributed by atoms with Crippen LogP contribution in [0.2, 0.25) is 5.02 Å². The minimum absolute atomic E-state index is 0.00312. The Balaban J connectivity index is 1.54. The fraction of sp³-hybridized carbons (Fsp3) is 0.560. The average molecular weight is 441 g/mol. The van der Waals surface area contributed by atoms with Crippen LogP contribution in [0.1, 0.15) is 68.2 Å². The third-order valence-corrected chi connectivity index (χ3v) is 6.66. The Hall–Kier alpha value is -1.98. The summed E-state index contributed by atoms with van der Waals surface area (Å²) in [4.78, 5) is 27.6. The molecular weight excluding hydrogens is 408 g/mol. The van der Waals surface area contributed by atoms with E-state index in [-0.39, 0.29) is 17.6 Å². The average Bonchev–Trinajstić information content (AvgIpc) is 3.28. The van der Waals surface area contributed by atoms with Crippen LogP contribution in [0.5, 0.6) is 0 Å². The minimum atomic E-state index is -0.156. The summed E-state index contributed by atoms with van der Waals surface area (Å²) in [5, 5.41) is 0.643. The maximum absolute atomic E-state index is 13.1. The second kappa shape index (κ2) is 9.25. The highest BCUT2D eigenvalue weighted by Gasteiger charge is 2.29. The van der Waals surface area contributed by atoms with E-state index in [0.29, 0.717) is 22.7 Å². The standard InChI is InChI=1S/C25H33ClN4O/c1-25(2,3)23-17-21(22(31)16-18-7-6-8-19(26)15-18)27-24(28-23)30-13-9-20(10-14-30)29-11-4-5-12-29/h6-8,15,17,20H,4-5,9-14,16H2,1-3H3. The fourth-order valence-corrected chi connectivity index (χ4v) is 4.78. The van der Waals surface area contributed by atoms with Gasteiger partial charge in [-0.15, -0.1) is 0 Å². The maximum atomic E-state index is 13.1. The van der Waals surface area contributed by atoms with E-state index in [1.807, 2.05) is 30.3 Å². The van der Waals surface area contributed by atoms with E-state index < -0.39 is 0 Å². The molecule has 31 heavy (non-hydrogen) atoms. The molecule has 2 saturated heterocycles. The predicted molar refractivity (Wildman–Crippen MR) is 126 cm³/mol. The van der Waals surface area contributed by atoms with Crippen molar-refractivity contribution in [2.45, 2.75) is 64.3 Å². The Morgan fingerprint density at radius 1 is 1.06 bits per heavy atom. The van der Waals surface area contributed by atoms with Crippen molar-refractivity contribution in [3.05, 3.63) is 52.3 Å². The summed E-state index contributed by atoms with van der Waals surface area (Å²) in [6.45, 7) is 10.7. The number of hydrogen-bond acceptors (Lipinski definition) is 5. The van der Waals surface area contributed by atoms with Crippen molar-refractivity contribution < 1.29 is 4.79 Å². The lowest BCUT2D eigenvalue weighted by Crippen LogP contribution is -2.44. The smallest absolute Gasteiger partial charge is 0.226 e. The zero-order valence-electron chi connectivity index (χ0n) is 18.9. The van der Waals surface area contributed by atoms with Crippen molar-refractivity contribution in [1.82, 2.24) is 14.9 Å². The first kappa shape index (κ1) is 22.2. The quantitative estimate of drug-likeness (QED) is 0.618. The number of anilines is 1. The normalized spacial score (nSPS) is 18.5. The molecule has 0 spiro atoms. The number of nitrogens with zero attached hydrogens (tertiary/aromatic N) is 4. The Morgan fingerprint density at radius 3 is 2.42 bits per heavy atom. The van der Waals surface area contributed by atoms with Crippen LogP contribution in [-0.2, 0) is 11.8 Å². The number of aromatic nitrogens is 2. The molecule has 0 N–H and O–H groups in total. The summed E-state index contributed by atoms with van der Waals surface area (Å²) in [6.07, 6.45) is 5.21. The molecule has 166 valence electrons. The largest absolute Gasteiger partial charge is 0.341 e. The van der Waals surface area contributed by atoms with E-state index in [4.69, 9.17) is 21.6 Å². The van der Waals surface area contributed by atoms with Crippen molar-refractivity contribution in [1.29, 1.82) is 0 Å². The molecule has 3 heterocycles. The molecule has 6 heteroatoms. The Labute approximate surface area is 190 Å². The van der Waals surface area contributed by atoms with Crippen LogP contribution in [0.3, 0.4) is 0 Å². The zero-order valence-corrected chi connectivity index (χ0v) is 19.7. The monoisotopic (exact) mass is 440 g/mol. The predicted octanol–water partition coefficient (Wildman–Crippen LogP) is 4.92. The Bertz CT molecular complexity index is 925. The summed E-state index contributed by atoms with van der Waals surface area (Å²) in [5.41, 5.74) is 2.16. The third-order valence-electron chi connectivity index (χ3n) is 6.43. The molecule has 2 fully saturated rings. The molecule has 0 bridgehead atoms. The van der Waals surface area contributed by atoms with Crippen molar-refractivity contribution in [2.75, 3.05) is 31.1 Å². The van der Waals surface area contributed by atoms with Crippen molar-refractivity contribution in [3.63, 3.8) is 0 Å². The molecule has 2 aromatic rings. The van der Waals surface area contributed by atoms with Crippen LogP contribution in [0.25, 0.3) is 0 Å². The summed E-state index contributed by atoms with van der Waals surface area (Å²) in [7, 11) is 0. The van der Waals surface area contributed by atoms with Gasteiger partial charge in [0, 0.05) is 36.0 Å². The van der Waals surface area contributed by atoms with Gasteiger partial charge >= 0.3 is 0 Å². The summed E-state index contributed by atoms with van der Waals surface area (Å²) >= 11 is 6.10. The minimum Gasteiger partial charge on any atom is -0.341 e. The molecule has 0 amide bonds. The molecule has 5 nitrogen and oxygen atoms in total. The van der Waals surface area contributed by atoms with E-state index in [9.17, 15) is 4.79 Å². The van der Waals surface area contributed by atoms with Gasteiger partial charge in [-0.05, 0) is 62.5 Å². The lowest BCUT2D eigenvalue weighted by Gasteiger charge is -2.37. The van der Waals surface area contributed by atoms with Crippen LogP contribution < -0.4 is 4.90 Å². The first-order valence-corrected chi connectivity index (χ1v) is 11.8. The third kappa shape index (κ3) is 5.45. The summed E-state index contributed by atoms with van der Waals surface area (Å²) in [5.74, 6) is 0.699. The van der Waals surface area contributed by atoms with Gasteiger partial charge in [0.1, 0.15) is 5.69 Å². The second-order valence-corrected chi connectivity index (χ2v) is 10.3. The molecule has 4 rings (SSSR count). The van der Waals surface area contributed by atoms with E-state index in [1.165, 1.54) is 25.9 Å². The lowest BCUT2D eigenvalue weighted by molar-refractivity contribution is 0.0988. The Morgan fingerprint density at radius 2 is 1.77 bits per heavy atom. The van der Waals surface area contributed by atoms with Gasteiger partial charge in [-0.3, -0.25) is 4.79 Å². The number of carbonyl (C=O) groups excluding carboxylic acids is 1. The number of piperidine rings is 1. The van der Waals surface area contributed by atoms with Gasteiger partial charge < -0.3 is 9.80 Å². The van der Waals surface area contributed by atoms with Crippen LogP contribution in [-0.4, -0.2) is 52.9 Å².